The van der Waals surface area contributed by atoms with E-state index in [-0.39, 0.29) is 12.0 Å². The van der Waals surface area contributed by atoms with Gasteiger partial charge in [-0.25, -0.2) is 0 Å². The molecule has 0 saturated carbocycles. The van der Waals surface area contributed by atoms with E-state index in [0.717, 1.165) is 11.3 Å². The van der Waals surface area contributed by atoms with Crippen molar-refractivity contribution in [2.45, 2.75) is 13.0 Å². The van der Waals surface area contributed by atoms with E-state index in [9.17, 15) is 0 Å². The van der Waals surface area contributed by atoms with Crippen LogP contribution in [-0.2, 0) is 0 Å². The van der Waals surface area contributed by atoms with Gasteiger partial charge in [0.1, 0.15) is 5.75 Å². The van der Waals surface area contributed by atoms with Crippen molar-refractivity contribution in [3.8, 4) is 5.75 Å². The first-order valence-corrected chi connectivity index (χ1v) is 4.71. The van der Waals surface area contributed by atoms with E-state index in [4.69, 9.17) is 10.5 Å². The Morgan fingerprint density at radius 1 is 1.36 bits per heavy atom. The predicted molar refractivity (Wildman–Crippen MR) is 59.3 cm³/mol. The van der Waals surface area contributed by atoms with Gasteiger partial charge in [0.15, 0.2) is 0 Å². The lowest BCUT2D eigenvalue weighted by atomic mass is 9.95. The van der Waals surface area contributed by atoms with Crippen molar-refractivity contribution in [2.24, 2.45) is 11.7 Å². The first kappa shape index (κ1) is 10.8. The molecule has 0 radical (unpaired) electrons. The zero-order chi connectivity index (χ0) is 10.6. The molecule has 14 heavy (non-hydrogen) atoms. The van der Waals surface area contributed by atoms with Crippen molar-refractivity contribution in [2.75, 3.05) is 7.11 Å². The van der Waals surface area contributed by atoms with Gasteiger partial charge in [-0.3, -0.25) is 0 Å². The topological polar surface area (TPSA) is 35.2 Å². The van der Waals surface area contributed by atoms with E-state index in [1.165, 1.54) is 0 Å². The van der Waals surface area contributed by atoms with Crippen LogP contribution in [0.1, 0.15) is 18.5 Å². The molecule has 2 atom stereocenters. The summed E-state index contributed by atoms with van der Waals surface area (Å²) in [6.45, 7) is 5.79. The lowest BCUT2D eigenvalue weighted by Crippen LogP contribution is -2.17. The highest BCUT2D eigenvalue weighted by atomic mass is 16.5. The summed E-state index contributed by atoms with van der Waals surface area (Å²) >= 11 is 0. The molecule has 1 rings (SSSR count). The van der Waals surface area contributed by atoms with Gasteiger partial charge in [0, 0.05) is 6.04 Å². The number of hydrogen-bond donors (Lipinski definition) is 1. The van der Waals surface area contributed by atoms with Gasteiger partial charge in [0.25, 0.3) is 0 Å². The Bertz CT molecular complexity index is 292. The molecule has 0 bridgehead atoms. The minimum atomic E-state index is 0.0124. The highest BCUT2D eigenvalue weighted by Gasteiger charge is 2.11. The Morgan fingerprint density at radius 3 is 2.36 bits per heavy atom. The van der Waals surface area contributed by atoms with Crippen LogP contribution in [0.2, 0.25) is 0 Å². The molecule has 76 valence electrons. The number of nitrogens with two attached hydrogens (primary N) is 1. The van der Waals surface area contributed by atoms with Gasteiger partial charge in [0.2, 0.25) is 0 Å². The molecule has 1 aromatic rings. The molecular formula is C12H17NO. The van der Waals surface area contributed by atoms with Gasteiger partial charge >= 0.3 is 0 Å². The van der Waals surface area contributed by atoms with Crippen LogP contribution in [0.3, 0.4) is 0 Å². The maximum Gasteiger partial charge on any atom is 0.118 e. The Hall–Kier alpha value is -1.28. The first-order chi connectivity index (χ1) is 6.69. The van der Waals surface area contributed by atoms with Gasteiger partial charge in [-0.05, 0) is 23.6 Å². The number of rotatable bonds is 4. The smallest absolute Gasteiger partial charge is 0.118 e. The van der Waals surface area contributed by atoms with Crippen molar-refractivity contribution in [3.63, 3.8) is 0 Å². The maximum atomic E-state index is 6.03. The van der Waals surface area contributed by atoms with Crippen LogP contribution in [0.4, 0.5) is 0 Å². The van der Waals surface area contributed by atoms with Gasteiger partial charge < -0.3 is 10.5 Å². The first-order valence-electron chi connectivity index (χ1n) is 4.71. The Balaban J connectivity index is 2.80. The minimum Gasteiger partial charge on any atom is -0.497 e. The molecule has 0 aliphatic carbocycles. The molecule has 0 saturated heterocycles. The van der Waals surface area contributed by atoms with E-state index >= 15 is 0 Å². The lowest BCUT2D eigenvalue weighted by molar-refractivity contribution is 0.414. The summed E-state index contributed by atoms with van der Waals surface area (Å²) in [5.41, 5.74) is 7.14. The average molecular weight is 191 g/mol. The molecule has 0 unspecified atom stereocenters. The maximum absolute atomic E-state index is 6.03. The third-order valence-corrected chi connectivity index (χ3v) is 2.44. The Labute approximate surface area is 85.4 Å². The molecule has 0 amide bonds. The molecular weight excluding hydrogens is 174 g/mol. The summed E-state index contributed by atoms with van der Waals surface area (Å²) in [6.07, 6.45) is 1.87. The van der Waals surface area contributed by atoms with Crippen molar-refractivity contribution in [3.05, 3.63) is 42.5 Å². The standard InChI is InChI=1S/C12H17NO/c1-4-9(2)12(13)10-5-7-11(14-3)8-6-10/h4-9,12H,1,13H2,2-3H3/t9-,12-/m0/s1. The second kappa shape index (κ2) is 4.82. The van der Waals surface area contributed by atoms with Crippen LogP contribution in [0.5, 0.6) is 5.75 Å². The lowest BCUT2D eigenvalue weighted by Gasteiger charge is -2.16. The quantitative estimate of drug-likeness (QED) is 0.742. The molecule has 0 heterocycles. The Kier molecular flexibility index (Phi) is 3.72. The summed E-state index contributed by atoms with van der Waals surface area (Å²) in [5, 5.41) is 0. The van der Waals surface area contributed by atoms with E-state index in [0.29, 0.717) is 0 Å². The fourth-order valence-electron chi connectivity index (χ4n) is 1.28. The van der Waals surface area contributed by atoms with Crippen molar-refractivity contribution in [1.82, 2.24) is 0 Å². The third-order valence-electron chi connectivity index (χ3n) is 2.44. The van der Waals surface area contributed by atoms with Crippen LogP contribution in [0.15, 0.2) is 36.9 Å². The van der Waals surface area contributed by atoms with Crippen LogP contribution >= 0.6 is 0 Å². The molecule has 1 aromatic carbocycles. The number of methoxy groups -OCH3 is 1. The summed E-state index contributed by atoms with van der Waals surface area (Å²) < 4.78 is 5.07. The molecule has 0 aliphatic heterocycles. The van der Waals surface area contributed by atoms with Crippen molar-refractivity contribution < 1.29 is 4.74 Å². The summed E-state index contributed by atoms with van der Waals surface area (Å²) in [7, 11) is 1.65. The van der Waals surface area contributed by atoms with Gasteiger partial charge in [-0.15, -0.1) is 6.58 Å². The fraction of sp³-hybridized carbons (Fsp3) is 0.333. The molecule has 2 nitrogen and oxygen atoms in total. The third kappa shape index (κ3) is 2.36. The molecule has 0 spiro atoms. The van der Waals surface area contributed by atoms with Crippen LogP contribution in [-0.4, -0.2) is 7.11 Å². The van der Waals surface area contributed by atoms with Gasteiger partial charge in [0.05, 0.1) is 7.11 Å². The zero-order valence-electron chi connectivity index (χ0n) is 8.73. The average Bonchev–Trinajstić information content (AvgIpc) is 2.27. The van der Waals surface area contributed by atoms with Crippen LogP contribution in [0.25, 0.3) is 0 Å². The second-order valence-electron chi connectivity index (χ2n) is 3.39. The van der Waals surface area contributed by atoms with E-state index in [2.05, 4.69) is 13.5 Å². The molecule has 2 N–H and O–H groups in total. The number of hydrogen-bond acceptors (Lipinski definition) is 2. The molecule has 0 aromatic heterocycles. The summed E-state index contributed by atoms with van der Waals surface area (Å²) in [4.78, 5) is 0. The molecule has 2 heteroatoms. The Morgan fingerprint density at radius 2 is 1.93 bits per heavy atom. The van der Waals surface area contributed by atoms with Gasteiger partial charge in [-0.2, -0.15) is 0 Å². The van der Waals surface area contributed by atoms with Crippen LogP contribution < -0.4 is 10.5 Å². The zero-order valence-corrected chi connectivity index (χ0v) is 8.73. The largest absolute Gasteiger partial charge is 0.497 e. The monoisotopic (exact) mass is 191 g/mol. The van der Waals surface area contributed by atoms with Crippen molar-refractivity contribution in [1.29, 1.82) is 0 Å². The SMILES string of the molecule is C=C[C@H](C)[C@H](N)c1ccc(OC)cc1. The fourth-order valence-corrected chi connectivity index (χ4v) is 1.28. The summed E-state index contributed by atoms with van der Waals surface area (Å²) in [5.74, 6) is 1.13. The second-order valence-corrected chi connectivity index (χ2v) is 3.39. The molecule has 0 aliphatic rings. The van der Waals surface area contributed by atoms with E-state index in [1.54, 1.807) is 7.11 Å². The van der Waals surface area contributed by atoms with E-state index < -0.39 is 0 Å². The number of ether oxygens (including phenoxy) is 1. The minimum absolute atomic E-state index is 0.0124. The van der Waals surface area contributed by atoms with Crippen molar-refractivity contribution >= 4 is 0 Å². The normalized spacial score (nSPS) is 14.5. The van der Waals surface area contributed by atoms with Crippen LogP contribution in [0, 0.1) is 5.92 Å². The highest BCUT2D eigenvalue weighted by Crippen LogP contribution is 2.22. The molecule has 0 fully saturated rings. The number of benzene rings is 1. The highest BCUT2D eigenvalue weighted by molar-refractivity contribution is 5.29. The van der Waals surface area contributed by atoms with E-state index in [1.807, 2.05) is 30.3 Å². The summed E-state index contributed by atoms with van der Waals surface area (Å²) in [6, 6.07) is 7.83. The predicted octanol–water partition coefficient (Wildman–Crippen LogP) is 2.52. The van der Waals surface area contributed by atoms with Gasteiger partial charge in [-0.1, -0.05) is 25.1 Å².